The molecule has 0 saturated carbocycles. The molecule has 1 fully saturated rings. The van der Waals surface area contributed by atoms with Crippen molar-refractivity contribution >= 4 is 29.6 Å². The molecule has 0 aromatic carbocycles. The first-order valence-electron chi connectivity index (χ1n) is 6.79. The molecule has 0 radical (unpaired) electrons. The number of anilines is 2. The van der Waals surface area contributed by atoms with E-state index in [0.717, 1.165) is 25.8 Å². The lowest BCUT2D eigenvalue weighted by molar-refractivity contribution is -0.132. The number of hydrogen-bond acceptors (Lipinski definition) is 7. The Hall–Kier alpha value is -1.57. The summed E-state index contributed by atoms with van der Waals surface area (Å²) in [5, 5.41) is 0.397. The van der Waals surface area contributed by atoms with Crippen LogP contribution in [-0.4, -0.2) is 44.1 Å². The highest BCUT2D eigenvalue weighted by Crippen LogP contribution is 2.22. The third-order valence-electron chi connectivity index (χ3n) is 3.39. The second-order valence-electron chi connectivity index (χ2n) is 4.77. The quantitative estimate of drug-likeness (QED) is 0.795. The Labute approximate surface area is 122 Å². The van der Waals surface area contributed by atoms with E-state index in [2.05, 4.69) is 21.9 Å². The summed E-state index contributed by atoms with van der Waals surface area (Å²) in [7, 11) is 0. The molecule has 1 aromatic heterocycles. The lowest BCUT2D eigenvalue weighted by Gasteiger charge is -2.35. The Balaban J connectivity index is 1.94. The minimum Gasteiger partial charge on any atom is -0.368 e. The van der Waals surface area contributed by atoms with Crippen LogP contribution in [0.3, 0.4) is 0 Å². The zero-order chi connectivity index (χ0) is 14.5. The molecule has 7 nitrogen and oxygen atoms in total. The molecule has 8 heteroatoms. The van der Waals surface area contributed by atoms with Gasteiger partial charge >= 0.3 is 0 Å². The zero-order valence-electron chi connectivity index (χ0n) is 11.6. The van der Waals surface area contributed by atoms with Crippen LogP contribution in [0.5, 0.6) is 0 Å². The van der Waals surface area contributed by atoms with E-state index in [1.165, 1.54) is 18.2 Å². The van der Waals surface area contributed by atoms with Gasteiger partial charge in [0.25, 0.3) is 0 Å². The minimum absolute atomic E-state index is 0.0804. The summed E-state index contributed by atoms with van der Waals surface area (Å²) >= 11 is 1.25. The molecule has 1 aliphatic heterocycles. The van der Waals surface area contributed by atoms with Crippen molar-refractivity contribution in [3.8, 4) is 0 Å². The summed E-state index contributed by atoms with van der Waals surface area (Å²) in [6, 6.07) is 0.366. The monoisotopic (exact) mass is 296 g/mol. The number of thioether (sulfide) groups is 1. The van der Waals surface area contributed by atoms with Crippen LogP contribution in [-0.2, 0) is 4.79 Å². The summed E-state index contributed by atoms with van der Waals surface area (Å²) in [4.78, 5) is 25.9. The summed E-state index contributed by atoms with van der Waals surface area (Å²) in [5.74, 6) is 0.590. The highest BCUT2D eigenvalue weighted by atomic mass is 32.2. The first-order chi connectivity index (χ1) is 9.60. The van der Waals surface area contributed by atoms with E-state index >= 15 is 0 Å². The minimum atomic E-state index is 0.0804. The van der Waals surface area contributed by atoms with Crippen LogP contribution in [0.25, 0.3) is 0 Å². The average molecular weight is 296 g/mol. The van der Waals surface area contributed by atoms with Crippen molar-refractivity contribution in [3.63, 3.8) is 0 Å². The fourth-order valence-electron chi connectivity index (χ4n) is 2.42. The van der Waals surface area contributed by atoms with E-state index in [1.54, 1.807) is 0 Å². The average Bonchev–Trinajstić information content (AvgIpc) is 2.43. The number of piperidine rings is 1. The van der Waals surface area contributed by atoms with Gasteiger partial charge in [-0.25, -0.2) is 0 Å². The Morgan fingerprint density at radius 3 is 2.65 bits per heavy atom. The van der Waals surface area contributed by atoms with Gasteiger partial charge in [0.05, 0.1) is 5.75 Å². The standard InChI is InChI=1S/C12H20N6OS/c1-2-8-5-3-4-6-18(8)9(19)7-20-12-16-10(13)15-11(14)17-12/h8H,2-7H2,1H3,(H4,13,14,15,16,17)/t8-/m0/s1. The smallest absolute Gasteiger partial charge is 0.233 e. The highest BCUT2D eigenvalue weighted by Gasteiger charge is 2.25. The van der Waals surface area contributed by atoms with Crippen LogP contribution in [0.2, 0.25) is 0 Å². The van der Waals surface area contributed by atoms with E-state index in [9.17, 15) is 4.79 Å². The van der Waals surface area contributed by atoms with Gasteiger partial charge in [0.2, 0.25) is 17.8 Å². The van der Waals surface area contributed by atoms with Gasteiger partial charge in [-0.05, 0) is 25.7 Å². The van der Waals surface area contributed by atoms with Crippen LogP contribution < -0.4 is 11.5 Å². The molecule has 1 aliphatic rings. The Kier molecular flexibility index (Phi) is 4.99. The van der Waals surface area contributed by atoms with Gasteiger partial charge in [-0.3, -0.25) is 4.79 Å². The van der Waals surface area contributed by atoms with Gasteiger partial charge in [-0.2, -0.15) is 15.0 Å². The van der Waals surface area contributed by atoms with Crippen LogP contribution in [0.4, 0.5) is 11.9 Å². The summed E-state index contributed by atoms with van der Waals surface area (Å²) in [6.45, 7) is 2.97. The summed E-state index contributed by atoms with van der Waals surface area (Å²) < 4.78 is 0. The van der Waals surface area contributed by atoms with E-state index in [4.69, 9.17) is 11.5 Å². The molecule has 2 rings (SSSR count). The van der Waals surface area contributed by atoms with Gasteiger partial charge in [-0.15, -0.1) is 0 Å². The Morgan fingerprint density at radius 1 is 1.30 bits per heavy atom. The third-order valence-corrected chi connectivity index (χ3v) is 4.23. The Morgan fingerprint density at radius 2 is 2.00 bits per heavy atom. The van der Waals surface area contributed by atoms with Gasteiger partial charge < -0.3 is 16.4 Å². The van der Waals surface area contributed by atoms with Gasteiger partial charge in [0.15, 0.2) is 5.16 Å². The molecule has 0 spiro atoms. The SMILES string of the molecule is CC[C@H]1CCCCN1C(=O)CSc1nc(N)nc(N)n1. The molecule has 1 amide bonds. The molecule has 1 aromatic rings. The lowest BCUT2D eigenvalue weighted by Crippen LogP contribution is -2.44. The van der Waals surface area contributed by atoms with E-state index < -0.39 is 0 Å². The van der Waals surface area contributed by atoms with Crippen molar-refractivity contribution in [2.45, 2.75) is 43.8 Å². The molecule has 2 heterocycles. The summed E-state index contributed by atoms with van der Waals surface area (Å²) in [6.07, 6.45) is 4.38. The number of nitrogen functional groups attached to an aromatic ring is 2. The van der Waals surface area contributed by atoms with E-state index in [-0.39, 0.29) is 17.8 Å². The molecular weight excluding hydrogens is 276 g/mol. The number of carbonyl (C=O) groups excluding carboxylic acids is 1. The zero-order valence-corrected chi connectivity index (χ0v) is 12.4. The number of aromatic nitrogens is 3. The fourth-order valence-corrected chi connectivity index (χ4v) is 3.15. The van der Waals surface area contributed by atoms with Crippen molar-refractivity contribution < 1.29 is 4.79 Å². The Bertz CT molecular complexity index is 463. The molecule has 0 unspecified atom stereocenters. The molecular formula is C12H20N6OS. The first-order valence-corrected chi connectivity index (χ1v) is 7.78. The second-order valence-corrected chi connectivity index (χ2v) is 5.71. The van der Waals surface area contributed by atoms with Gasteiger partial charge in [0, 0.05) is 12.6 Å². The lowest BCUT2D eigenvalue weighted by atomic mass is 10.0. The van der Waals surface area contributed by atoms with Crippen molar-refractivity contribution in [3.05, 3.63) is 0 Å². The van der Waals surface area contributed by atoms with Gasteiger partial charge in [-0.1, -0.05) is 18.7 Å². The molecule has 0 aliphatic carbocycles. The molecule has 0 bridgehead atoms. The van der Waals surface area contributed by atoms with Crippen molar-refractivity contribution in [2.24, 2.45) is 0 Å². The largest absolute Gasteiger partial charge is 0.368 e. The third kappa shape index (κ3) is 3.72. The maximum Gasteiger partial charge on any atom is 0.233 e. The van der Waals surface area contributed by atoms with Crippen LogP contribution in [0.1, 0.15) is 32.6 Å². The maximum atomic E-state index is 12.3. The highest BCUT2D eigenvalue weighted by molar-refractivity contribution is 7.99. The molecule has 110 valence electrons. The predicted octanol–water partition coefficient (Wildman–Crippen LogP) is 0.919. The van der Waals surface area contributed by atoms with Crippen molar-refractivity contribution in [1.29, 1.82) is 0 Å². The fraction of sp³-hybridized carbons (Fsp3) is 0.667. The number of hydrogen-bond donors (Lipinski definition) is 2. The van der Waals surface area contributed by atoms with E-state index in [1.807, 2.05) is 4.90 Å². The first kappa shape index (κ1) is 14.8. The molecule has 20 heavy (non-hydrogen) atoms. The van der Waals surface area contributed by atoms with Crippen LogP contribution in [0, 0.1) is 0 Å². The van der Waals surface area contributed by atoms with Crippen LogP contribution in [0.15, 0.2) is 5.16 Å². The number of rotatable bonds is 4. The van der Waals surface area contributed by atoms with Gasteiger partial charge in [0.1, 0.15) is 0 Å². The second kappa shape index (κ2) is 6.74. The number of carbonyl (C=O) groups is 1. The van der Waals surface area contributed by atoms with Crippen LogP contribution >= 0.6 is 11.8 Å². The number of amides is 1. The number of nitrogens with zero attached hydrogens (tertiary/aromatic N) is 4. The van der Waals surface area contributed by atoms with Crippen molar-refractivity contribution in [1.82, 2.24) is 19.9 Å². The molecule has 1 saturated heterocycles. The number of nitrogens with two attached hydrogens (primary N) is 2. The topological polar surface area (TPSA) is 111 Å². The predicted molar refractivity (Wildman–Crippen MR) is 79.0 cm³/mol. The molecule has 1 atom stereocenters. The summed E-state index contributed by atoms with van der Waals surface area (Å²) in [5.41, 5.74) is 11.0. The van der Waals surface area contributed by atoms with E-state index in [0.29, 0.717) is 17.0 Å². The van der Waals surface area contributed by atoms with Crippen molar-refractivity contribution in [2.75, 3.05) is 23.8 Å². The molecule has 4 N–H and O–H groups in total. The number of likely N-dealkylation sites (tertiary alicyclic amines) is 1. The normalized spacial score (nSPS) is 19.1. The maximum absolute atomic E-state index is 12.3.